The number of fused-ring (bicyclic) bond motifs is 3. The molecule has 1 saturated carbocycles. The SMILES string of the molecule is CC(=O)Oc1cc(OCCCCc2ccccc2)cc2c1C1CC(=O)CCC1CN2C. The van der Waals surface area contributed by atoms with Gasteiger partial charge < -0.3 is 14.4 Å². The fourth-order valence-corrected chi connectivity index (χ4v) is 4.93. The number of rotatable bonds is 7. The molecule has 1 aliphatic heterocycles. The normalized spacial score (nSPS) is 20.1. The Bertz CT molecular complexity index is 940. The maximum Gasteiger partial charge on any atom is 0.308 e. The second-order valence-corrected chi connectivity index (χ2v) is 8.77. The van der Waals surface area contributed by atoms with Crippen molar-refractivity contribution in [2.45, 2.75) is 51.4 Å². The number of anilines is 1. The molecule has 2 aliphatic rings. The molecule has 2 atom stereocenters. The smallest absolute Gasteiger partial charge is 0.308 e. The molecule has 1 aliphatic carbocycles. The minimum Gasteiger partial charge on any atom is -0.493 e. The molecule has 0 aromatic heterocycles. The van der Waals surface area contributed by atoms with Crippen molar-refractivity contribution in [1.82, 2.24) is 0 Å². The van der Waals surface area contributed by atoms with Crippen molar-refractivity contribution in [3.05, 3.63) is 53.6 Å². The summed E-state index contributed by atoms with van der Waals surface area (Å²) in [5, 5.41) is 0. The van der Waals surface area contributed by atoms with Gasteiger partial charge in [-0.1, -0.05) is 30.3 Å². The molecular formula is C26H31NO4. The number of ketones is 1. The molecule has 1 heterocycles. The van der Waals surface area contributed by atoms with Crippen LogP contribution in [0.4, 0.5) is 5.69 Å². The highest BCUT2D eigenvalue weighted by molar-refractivity contribution is 5.82. The number of benzene rings is 2. The molecule has 0 amide bonds. The Balaban J connectivity index is 1.48. The van der Waals surface area contributed by atoms with Crippen LogP contribution in [0, 0.1) is 5.92 Å². The Morgan fingerprint density at radius 3 is 2.74 bits per heavy atom. The molecule has 0 radical (unpaired) electrons. The van der Waals surface area contributed by atoms with E-state index in [1.165, 1.54) is 12.5 Å². The molecule has 2 unspecified atom stereocenters. The van der Waals surface area contributed by atoms with Crippen molar-refractivity contribution in [2.75, 3.05) is 25.1 Å². The zero-order valence-electron chi connectivity index (χ0n) is 18.4. The second kappa shape index (κ2) is 9.54. The summed E-state index contributed by atoms with van der Waals surface area (Å²) in [6, 6.07) is 14.3. The molecule has 0 saturated heterocycles. The van der Waals surface area contributed by atoms with Crippen LogP contribution in [0.25, 0.3) is 0 Å². The lowest BCUT2D eigenvalue weighted by atomic mass is 9.71. The molecule has 1 fully saturated rings. The summed E-state index contributed by atoms with van der Waals surface area (Å²) in [4.78, 5) is 26.2. The van der Waals surface area contributed by atoms with Crippen LogP contribution in [0.1, 0.15) is 56.1 Å². The fraction of sp³-hybridized carbons (Fsp3) is 0.462. The van der Waals surface area contributed by atoms with Gasteiger partial charge in [0.15, 0.2) is 0 Å². The summed E-state index contributed by atoms with van der Waals surface area (Å²) >= 11 is 0. The second-order valence-electron chi connectivity index (χ2n) is 8.77. The minimum atomic E-state index is -0.353. The van der Waals surface area contributed by atoms with E-state index in [4.69, 9.17) is 9.47 Å². The summed E-state index contributed by atoms with van der Waals surface area (Å²) in [5.41, 5.74) is 3.33. The van der Waals surface area contributed by atoms with Gasteiger partial charge in [-0.2, -0.15) is 0 Å². The predicted octanol–water partition coefficient (Wildman–Crippen LogP) is 4.92. The maximum absolute atomic E-state index is 12.2. The highest BCUT2D eigenvalue weighted by atomic mass is 16.5. The van der Waals surface area contributed by atoms with Crippen LogP contribution in [0.15, 0.2) is 42.5 Å². The summed E-state index contributed by atoms with van der Waals surface area (Å²) in [7, 11) is 2.06. The van der Waals surface area contributed by atoms with Gasteiger partial charge >= 0.3 is 5.97 Å². The van der Waals surface area contributed by atoms with Crippen LogP contribution in [0.5, 0.6) is 11.5 Å². The first-order chi connectivity index (χ1) is 15.0. The maximum atomic E-state index is 12.2. The number of carbonyl (C=O) groups excluding carboxylic acids is 2. The molecule has 31 heavy (non-hydrogen) atoms. The monoisotopic (exact) mass is 421 g/mol. The molecule has 4 rings (SSSR count). The van der Waals surface area contributed by atoms with Crippen LogP contribution in [-0.4, -0.2) is 32.0 Å². The highest BCUT2D eigenvalue weighted by Gasteiger charge is 2.39. The van der Waals surface area contributed by atoms with Crippen molar-refractivity contribution >= 4 is 17.4 Å². The molecule has 5 heteroatoms. The molecule has 2 aromatic rings. The average Bonchev–Trinajstić information content (AvgIpc) is 2.74. The molecule has 164 valence electrons. The van der Waals surface area contributed by atoms with Crippen molar-refractivity contribution in [1.29, 1.82) is 0 Å². The van der Waals surface area contributed by atoms with E-state index in [9.17, 15) is 9.59 Å². The molecule has 0 spiro atoms. The van der Waals surface area contributed by atoms with Crippen LogP contribution in [0.2, 0.25) is 0 Å². The van der Waals surface area contributed by atoms with Gasteiger partial charge in [0.25, 0.3) is 0 Å². The first-order valence-electron chi connectivity index (χ1n) is 11.3. The van der Waals surface area contributed by atoms with E-state index in [1.807, 2.05) is 18.2 Å². The Kier molecular flexibility index (Phi) is 6.59. The lowest BCUT2D eigenvalue weighted by Crippen LogP contribution is -2.39. The average molecular weight is 422 g/mol. The van der Waals surface area contributed by atoms with Gasteiger partial charge in [0.1, 0.15) is 17.3 Å². The van der Waals surface area contributed by atoms with Crippen LogP contribution >= 0.6 is 0 Å². The largest absolute Gasteiger partial charge is 0.493 e. The summed E-state index contributed by atoms with van der Waals surface area (Å²) in [6.45, 7) is 2.93. The summed E-state index contributed by atoms with van der Waals surface area (Å²) in [5.74, 6) is 1.72. The predicted molar refractivity (Wildman–Crippen MR) is 121 cm³/mol. The Morgan fingerprint density at radius 1 is 1.16 bits per heavy atom. The van der Waals surface area contributed by atoms with Crippen molar-refractivity contribution in [3.63, 3.8) is 0 Å². The molecule has 5 nitrogen and oxygen atoms in total. The summed E-state index contributed by atoms with van der Waals surface area (Å²) < 4.78 is 11.7. The highest BCUT2D eigenvalue weighted by Crippen LogP contribution is 2.50. The van der Waals surface area contributed by atoms with E-state index < -0.39 is 0 Å². The minimum absolute atomic E-state index is 0.113. The van der Waals surface area contributed by atoms with Crippen molar-refractivity contribution in [2.24, 2.45) is 5.92 Å². The van der Waals surface area contributed by atoms with Crippen LogP contribution in [0.3, 0.4) is 0 Å². The van der Waals surface area contributed by atoms with E-state index in [-0.39, 0.29) is 11.9 Å². The Hall–Kier alpha value is -2.82. The standard InChI is InChI=1S/C26H31NO4/c1-18(28)31-25-16-22(30-13-7-6-10-19-8-4-3-5-9-19)15-24-26(25)23-14-21(29)12-11-20(23)17-27(24)2/h3-5,8-9,15-16,20,23H,6-7,10-14,17H2,1-2H3. The van der Waals surface area contributed by atoms with Gasteiger partial charge in [-0.15, -0.1) is 0 Å². The van der Waals surface area contributed by atoms with Gasteiger partial charge in [-0.25, -0.2) is 0 Å². The third-order valence-electron chi connectivity index (χ3n) is 6.42. The van der Waals surface area contributed by atoms with Crippen molar-refractivity contribution < 1.29 is 19.1 Å². The molecule has 0 N–H and O–H groups in total. The van der Waals surface area contributed by atoms with Crippen LogP contribution < -0.4 is 14.4 Å². The van der Waals surface area contributed by atoms with E-state index in [1.54, 1.807) is 0 Å². The number of Topliss-reactive ketones (excluding diaryl/α,β-unsaturated/α-hetero) is 1. The zero-order valence-corrected chi connectivity index (χ0v) is 18.4. The molecule has 2 aromatic carbocycles. The van der Waals surface area contributed by atoms with Crippen molar-refractivity contribution in [3.8, 4) is 11.5 Å². The lowest BCUT2D eigenvalue weighted by molar-refractivity contribution is -0.131. The first kappa shape index (κ1) is 21.4. The number of nitrogens with zero attached hydrogens (tertiary/aromatic N) is 1. The third-order valence-corrected chi connectivity index (χ3v) is 6.42. The van der Waals surface area contributed by atoms with Gasteiger partial charge in [-0.05, 0) is 37.2 Å². The Labute approximate surface area is 184 Å². The van der Waals surface area contributed by atoms with E-state index >= 15 is 0 Å². The topological polar surface area (TPSA) is 55.8 Å². The van der Waals surface area contributed by atoms with Gasteiger partial charge in [-0.3, -0.25) is 9.59 Å². The number of esters is 1. The molecule has 0 bridgehead atoms. The van der Waals surface area contributed by atoms with Crippen LogP contribution in [-0.2, 0) is 16.0 Å². The van der Waals surface area contributed by atoms with E-state index in [0.29, 0.717) is 42.6 Å². The number of hydrogen-bond donors (Lipinski definition) is 0. The number of unbranched alkanes of at least 4 members (excludes halogenated alkanes) is 1. The number of hydrogen-bond acceptors (Lipinski definition) is 5. The third kappa shape index (κ3) is 5.09. The summed E-state index contributed by atoms with van der Waals surface area (Å²) in [6.07, 6.45) is 5.11. The van der Waals surface area contributed by atoms with Gasteiger partial charge in [0.2, 0.25) is 0 Å². The quantitative estimate of drug-likeness (QED) is 0.361. The number of aryl methyl sites for hydroxylation is 1. The number of ether oxygens (including phenoxy) is 2. The fourth-order valence-electron chi connectivity index (χ4n) is 4.93. The number of carbonyl (C=O) groups is 2. The first-order valence-corrected chi connectivity index (χ1v) is 11.3. The zero-order chi connectivity index (χ0) is 21.8. The van der Waals surface area contributed by atoms with E-state index in [0.717, 1.165) is 43.5 Å². The van der Waals surface area contributed by atoms with Gasteiger partial charge in [0, 0.05) is 62.7 Å². The lowest BCUT2D eigenvalue weighted by Gasteiger charge is -2.42. The van der Waals surface area contributed by atoms with E-state index in [2.05, 4.69) is 36.2 Å². The Morgan fingerprint density at radius 2 is 1.97 bits per heavy atom. The van der Waals surface area contributed by atoms with Gasteiger partial charge in [0.05, 0.1) is 6.61 Å². The molecular weight excluding hydrogens is 390 g/mol.